The minimum Gasteiger partial charge on any atom is -0.336 e. The highest BCUT2D eigenvalue weighted by Gasteiger charge is 2.38. The molecule has 6 heterocycles. The van der Waals surface area contributed by atoms with Crippen LogP contribution in [0.3, 0.4) is 0 Å². The maximum absolute atomic E-state index is 14.3. The molecule has 4 aromatic carbocycles. The van der Waals surface area contributed by atoms with Crippen LogP contribution in [0.25, 0.3) is 32.0 Å². The molecule has 66 heavy (non-hydrogen) atoms. The zero-order valence-corrected chi connectivity index (χ0v) is 38.9. The number of hydrogen-bond acceptors (Lipinski definition) is 10. The summed E-state index contributed by atoms with van der Waals surface area (Å²) in [6.07, 6.45) is 7.12. The highest BCUT2D eigenvalue weighted by atomic mass is 32.1. The van der Waals surface area contributed by atoms with E-state index in [0.29, 0.717) is 24.2 Å². The Kier molecular flexibility index (Phi) is 12.8. The number of thiophene rings is 2. The van der Waals surface area contributed by atoms with Crippen LogP contribution < -0.4 is 10.6 Å². The van der Waals surface area contributed by atoms with Crippen molar-refractivity contribution in [2.45, 2.75) is 49.9 Å². The topological polar surface area (TPSA) is 125 Å². The summed E-state index contributed by atoms with van der Waals surface area (Å²) in [6, 6.07) is 37.4. The molecule has 10 rings (SSSR count). The molecule has 2 aliphatic rings. The average molecular weight is 945 g/mol. The molecular formula is C52H44N6O4S4. The van der Waals surface area contributed by atoms with E-state index in [1.807, 2.05) is 93.6 Å². The molecule has 0 spiro atoms. The fraction of sp³-hybridized carbons (Fsp3) is 0.192. The fourth-order valence-corrected chi connectivity index (χ4v) is 12.2. The first-order chi connectivity index (χ1) is 32.4. The molecule has 0 aliphatic carbocycles. The number of aromatic nitrogens is 2. The van der Waals surface area contributed by atoms with Crippen molar-refractivity contribution in [1.82, 2.24) is 30.4 Å². The standard InChI is InChI=1S/C52H44N6O4S4/c59-47(39-23-27-63-31-39)55-45(37-9-3-1-4-10-37)51(61)57-25-7-13-41(57)49-53-29-43(65-49)35-19-15-33(16-20-35)34-17-21-36(22-18-34)44-30-54-50(66-44)42-14-8-26-58(42)52(62)46(38-11-5-2-6-12-38)56-48(60)40-24-28-64-32-40/h1-6,9-12,15-24,27-32,41-42,45-46H,7-8,13-14,25-26H2,(H,55,59)(H,56,60)/t41-,42-,45+,46+/m0/s1. The molecule has 0 saturated carbocycles. The summed E-state index contributed by atoms with van der Waals surface area (Å²) in [5.41, 5.74) is 6.86. The summed E-state index contributed by atoms with van der Waals surface area (Å²) in [7, 11) is 0. The van der Waals surface area contributed by atoms with E-state index in [0.717, 1.165) is 78.8 Å². The molecule has 8 aromatic rings. The van der Waals surface area contributed by atoms with Gasteiger partial charge in [-0.15, -0.1) is 22.7 Å². The summed E-state index contributed by atoms with van der Waals surface area (Å²) in [5.74, 6) is -0.801. The number of likely N-dealkylation sites (tertiary alicyclic amines) is 2. The SMILES string of the molecule is O=C(N[C@@H](C(=O)N1CCC[C@H]1c1ncc(-c2ccc(-c3ccc(-c4cnc([C@@H]5CCCN5C(=O)[C@H](NC(=O)c5ccsc5)c5ccccc5)s4)cc3)cc2)s1)c1ccccc1)c1ccsc1. The number of amides is 4. The minimum absolute atomic E-state index is 0.131. The molecule has 0 radical (unpaired) electrons. The lowest BCUT2D eigenvalue weighted by Gasteiger charge is -2.28. The van der Waals surface area contributed by atoms with Gasteiger partial charge in [-0.2, -0.15) is 22.7 Å². The van der Waals surface area contributed by atoms with Crippen LogP contribution in [0.4, 0.5) is 0 Å². The Morgan fingerprint density at radius 2 is 0.909 bits per heavy atom. The van der Waals surface area contributed by atoms with Crippen molar-refractivity contribution in [3.05, 3.63) is 188 Å². The van der Waals surface area contributed by atoms with Crippen LogP contribution in [-0.4, -0.2) is 56.5 Å². The zero-order valence-electron chi connectivity index (χ0n) is 35.6. The van der Waals surface area contributed by atoms with Gasteiger partial charge >= 0.3 is 0 Å². The third kappa shape index (κ3) is 9.14. The lowest BCUT2D eigenvalue weighted by molar-refractivity contribution is -0.135. The fourth-order valence-electron chi connectivity index (χ4n) is 8.79. The Morgan fingerprint density at radius 3 is 1.29 bits per heavy atom. The van der Waals surface area contributed by atoms with E-state index in [1.165, 1.54) is 22.7 Å². The highest BCUT2D eigenvalue weighted by molar-refractivity contribution is 7.15. The Labute approximate surface area is 398 Å². The number of carbonyl (C=O) groups is 4. The molecule has 10 nitrogen and oxygen atoms in total. The normalized spacial score (nSPS) is 16.8. The average Bonchev–Trinajstić information content (AvgIpc) is 4.22. The summed E-state index contributed by atoms with van der Waals surface area (Å²) < 4.78 is 0. The van der Waals surface area contributed by atoms with Gasteiger partial charge in [0, 0.05) is 36.2 Å². The van der Waals surface area contributed by atoms with Gasteiger partial charge in [0.05, 0.1) is 33.0 Å². The second-order valence-electron chi connectivity index (χ2n) is 16.3. The van der Waals surface area contributed by atoms with E-state index >= 15 is 0 Å². The maximum atomic E-state index is 14.3. The van der Waals surface area contributed by atoms with Gasteiger partial charge in [0.2, 0.25) is 11.8 Å². The van der Waals surface area contributed by atoms with Gasteiger partial charge in [0.15, 0.2) is 0 Å². The van der Waals surface area contributed by atoms with Gasteiger partial charge in [-0.1, -0.05) is 109 Å². The molecule has 4 amide bonds. The third-order valence-electron chi connectivity index (χ3n) is 12.2. The van der Waals surface area contributed by atoms with Crippen molar-refractivity contribution in [1.29, 1.82) is 0 Å². The van der Waals surface area contributed by atoms with Gasteiger partial charge in [0.1, 0.15) is 22.1 Å². The van der Waals surface area contributed by atoms with Crippen molar-refractivity contribution >= 4 is 69.0 Å². The first-order valence-corrected chi connectivity index (χ1v) is 25.4. The largest absolute Gasteiger partial charge is 0.336 e. The van der Waals surface area contributed by atoms with Crippen molar-refractivity contribution in [2.24, 2.45) is 0 Å². The zero-order chi connectivity index (χ0) is 45.0. The third-order valence-corrected chi connectivity index (χ3v) is 15.9. The van der Waals surface area contributed by atoms with E-state index in [2.05, 4.69) is 59.2 Å². The number of nitrogens with zero attached hydrogens (tertiary/aromatic N) is 4. The Hall–Kier alpha value is -6.58. The maximum Gasteiger partial charge on any atom is 0.253 e. The van der Waals surface area contributed by atoms with Crippen LogP contribution in [-0.2, 0) is 9.59 Å². The number of nitrogens with one attached hydrogen (secondary N) is 2. The summed E-state index contributed by atoms with van der Waals surface area (Å²) in [6.45, 7) is 1.20. The summed E-state index contributed by atoms with van der Waals surface area (Å²) in [4.78, 5) is 70.3. The van der Waals surface area contributed by atoms with E-state index in [9.17, 15) is 19.2 Å². The molecule has 14 heteroatoms. The van der Waals surface area contributed by atoms with Crippen LogP contribution in [0, 0.1) is 0 Å². The predicted molar refractivity (Wildman–Crippen MR) is 263 cm³/mol. The second-order valence-corrected chi connectivity index (χ2v) is 20.0. The predicted octanol–water partition coefficient (Wildman–Crippen LogP) is 11.4. The molecule has 2 fully saturated rings. The van der Waals surface area contributed by atoms with Crippen molar-refractivity contribution in [3.8, 4) is 32.0 Å². The van der Waals surface area contributed by atoms with Crippen molar-refractivity contribution in [2.75, 3.05) is 13.1 Å². The van der Waals surface area contributed by atoms with E-state index in [1.54, 1.807) is 45.6 Å². The Balaban J connectivity index is 0.800. The summed E-state index contributed by atoms with van der Waals surface area (Å²) in [5, 5.41) is 15.1. The van der Waals surface area contributed by atoms with Gasteiger partial charge in [0.25, 0.3) is 11.8 Å². The second kappa shape index (κ2) is 19.5. The first-order valence-electron chi connectivity index (χ1n) is 21.9. The van der Waals surface area contributed by atoms with Crippen LogP contribution in [0.5, 0.6) is 0 Å². The molecule has 0 unspecified atom stereocenters. The Morgan fingerprint density at radius 1 is 0.515 bits per heavy atom. The van der Waals surface area contributed by atoms with E-state index in [4.69, 9.17) is 9.97 Å². The van der Waals surface area contributed by atoms with Gasteiger partial charge in [-0.05, 0) is 82.0 Å². The van der Waals surface area contributed by atoms with E-state index < -0.39 is 12.1 Å². The van der Waals surface area contributed by atoms with Crippen LogP contribution >= 0.6 is 45.3 Å². The summed E-state index contributed by atoms with van der Waals surface area (Å²) >= 11 is 6.10. The number of carbonyl (C=O) groups excluding carboxylic acids is 4. The monoisotopic (exact) mass is 944 g/mol. The van der Waals surface area contributed by atoms with E-state index in [-0.39, 0.29) is 35.7 Å². The molecule has 2 saturated heterocycles. The molecular weight excluding hydrogens is 901 g/mol. The molecule has 330 valence electrons. The van der Waals surface area contributed by atoms with Crippen molar-refractivity contribution in [3.63, 3.8) is 0 Å². The van der Waals surface area contributed by atoms with Gasteiger partial charge in [-0.3, -0.25) is 19.2 Å². The van der Waals surface area contributed by atoms with Crippen LogP contribution in [0.2, 0.25) is 0 Å². The molecule has 2 N–H and O–H groups in total. The van der Waals surface area contributed by atoms with Gasteiger partial charge in [-0.25, -0.2) is 9.97 Å². The smallest absolute Gasteiger partial charge is 0.253 e. The van der Waals surface area contributed by atoms with Crippen molar-refractivity contribution < 1.29 is 19.2 Å². The van der Waals surface area contributed by atoms with Crippen LogP contribution in [0.1, 0.15) is 91.7 Å². The number of hydrogen-bond donors (Lipinski definition) is 2. The van der Waals surface area contributed by atoms with Gasteiger partial charge < -0.3 is 20.4 Å². The lowest BCUT2D eigenvalue weighted by atomic mass is 10.0. The number of thiazole rings is 2. The number of rotatable bonds is 13. The molecule has 0 bridgehead atoms. The molecule has 4 atom stereocenters. The quantitative estimate of drug-likeness (QED) is 0.119. The molecule has 4 aromatic heterocycles. The lowest BCUT2D eigenvalue weighted by Crippen LogP contribution is -2.42. The highest BCUT2D eigenvalue weighted by Crippen LogP contribution is 2.41. The first kappa shape index (κ1) is 43.3. The Bertz CT molecular complexity index is 2730. The minimum atomic E-state index is -0.807. The molecule has 2 aliphatic heterocycles. The van der Waals surface area contributed by atoms with Crippen LogP contribution in [0.15, 0.2) is 155 Å². The number of benzene rings is 4.